The standard InChI is InChI=1S/C8H12N4O2/c1-11-2-3-12-6(4-8(13)14)9-10-7(12)5-11/h2-5H2,1H3,(H,13,14). The van der Waals surface area contributed by atoms with Crippen molar-refractivity contribution in [3.8, 4) is 0 Å². The Morgan fingerprint density at radius 1 is 1.50 bits per heavy atom. The summed E-state index contributed by atoms with van der Waals surface area (Å²) in [4.78, 5) is 12.7. The van der Waals surface area contributed by atoms with Gasteiger partial charge in [0, 0.05) is 13.1 Å². The number of rotatable bonds is 2. The number of carboxylic acids is 1. The number of aromatic nitrogens is 3. The molecule has 0 saturated carbocycles. The molecule has 0 unspecified atom stereocenters. The van der Waals surface area contributed by atoms with Crippen molar-refractivity contribution in [3.05, 3.63) is 11.6 Å². The zero-order valence-corrected chi connectivity index (χ0v) is 7.97. The molecule has 0 amide bonds. The van der Waals surface area contributed by atoms with Crippen LogP contribution in [0.3, 0.4) is 0 Å². The fourth-order valence-corrected chi connectivity index (χ4v) is 1.60. The van der Waals surface area contributed by atoms with E-state index in [0.717, 1.165) is 25.5 Å². The van der Waals surface area contributed by atoms with Crippen molar-refractivity contribution >= 4 is 5.97 Å². The molecule has 0 radical (unpaired) electrons. The monoisotopic (exact) mass is 196 g/mol. The van der Waals surface area contributed by atoms with E-state index in [1.54, 1.807) is 0 Å². The number of aliphatic carboxylic acids is 1. The highest BCUT2D eigenvalue weighted by molar-refractivity contribution is 5.69. The van der Waals surface area contributed by atoms with Gasteiger partial charge in [-0.1, -0.05) is 0 Å². The van der Waals surface area contributed by atoms with Gasteiger partial charge in [0.25, 0.3) is 0 Å². The SMILES string of the molecule is CN1CCn2c(CC(=O)O)nnc2C1. The van der Waals surface area contributed by atoms with Crippen LogP contribution in [0.2, 0.25) is 0 Å². The predicted octanol–water partition coefficient (Wildman–Crippen LogP) is -0.649. The maximum absolute atomic E-state index is 10.5. The smallest absolute Gasteiger partial charge is 0.311 e. The molecule has 2 rings (SSSR count). The summed E-state index contributed by atoms with van der Waals surface area (Å²) in [7, 11) is 2.01. The van der Waals surface area contributed by atoms with Gasteiger partial charge in [-0.2, -0.15) is 0 Å². The molecule has 0 aromatic carbocycles. The fourth-order valence-electron chi connectivity index (χ4n) is 1.60. The second-order valence-electron chi connectivity index (χ2n) is 3.49. The van der Waals surface area contributed by atoms with E-state index in [1.807, 2.05) is 11.6 Å². The Bertz CT molecular complexity index is 360. The second kappa shape index (κ2) is 3.38. The summed E-state index contributed by atoms with van der Waals surface area (Å²) in [5.74, 6) is 0.551. The van der Waals surface area contributed by atoms with Crippen molar-refractivity contribution in [2.45, 2.75) is 19.5 Å². The molecule has 14 heavy (non-hydrogen) atoms. The molecule has 0 spiro atoms. The zero-order chi connectivity index (χ0) is 10.1. The van der Waals surface area contributed by atoms with Crippen LogP contribution in [0.5, 0.6) is 0 Å². The molecular formula is C8H12N4O2. The number of carboxylic acid groups (broad SMARTS) is 1. The first-order valence-electron chi connectivity index (χ1n) is 4.48. The van der Waals surface area contributed by atoms with Crippen LogP contribution in [-0.2, 0) is 24.3 Å². The molecule has 1 aliphatic heterocycles. The first-order chi connectivity index (χ1) is 6.66. The van der Waals surface area contributed by atoms with Crippen LogP contribution in [0.4, 0.5) is 0 Å². The molecule has 6 nitrogen and oxygen atoms in total. The molecule has 76 valence electrons. The summed E-state index contributed by atoms with van der Waals surface area (Å²) in [6.07, 6.45) is -0.0449. The molecule has 1 aliphatic rings. The highest BCUT2D eigenvalue weighted by Crippen LogP contribution is 2.10. The summed E-state index contributed by atoms with van der Waals surface area (Å²) in [6, 6.07) is 0. The summed E-state index contributed by atoms with van der Waals surface area (Å²) >= 11 is 0. The average molecular weight is 196 g/mol. The van der Waals surface area contributed by atoms with Gasteiger partial charge in [0.05, 0.1) is 6.54 Å². The first kappa shape index (κ1) is 9.14. The van der Waals surface area contributed by atoms with Gasteiger partial charge in [0.2, 0.25) is 0 Å². The van der Waals surface area contributed by atoms with E-state index in [-0.39, 0.29) is 6.42 Å². The molecule has 2 heterocycles. The van der Waals surface area contributed by atoms with Crippen molar-refractivity contribution in [1.29, 1.82) is 0 Å². The minimum Gasteiger partial charge on any atom is -0.481 e. The molecule has 1 aromatic rings. The number of hydrogen-bond donors (Lipinski definition) is 1. The fraction of sp³-hybridized carbons (Fsp3) is 0.625. The molecule has 0 aliphatic carbocycles. The van der Waals surface area contributed by atoms with Crippen LogP contribution < -0.4 is 0 Å². The first-order valence-corrected chi connectivity index (χ1v) is 4.48. The Morgan fingerprint density at radius 3 is 3.00 bits per heavy atom. The predicted molar refractivity (Wildman–Crippen MR) is 47.7 cm³/mol. The van der Waals surface area contributed by atoms with Crippen LogP contribution in [-0.4, -0.2) is 44.3 Å². The lowest BCUT2D eigenvalue weighted by molar-refractivity contribution is -0.136. The lowest BCUT2D eigenvalue weighted by Crippen LogP contribution is -2.31. The van der Waals surface area contributed by atoms with Gasteiger partial charge in [0.15, 0.2) is 0 Å². The van der Waals surface area contributed by atoms with Gasteiger partial charge < -0.3 is 9.67 Å². The highest BCUT2D eigenvalue weighted by atomic mass is 16.4. The van der Waals surface area contributed by atoms with E-state index < -0.39 is 5.97 Å². The number of likely N-dealkylation sites (N-methyl/N-ethyl adjacent to an activating group) is 1. The van der Waals surface area contributed by atoms with Crippen molar-refractivity contribution in [2.24, 2.45) is 0 Å². The van der Waals surface area contributed by atoms with E-state index in [2.05, 4.69) is 15.1 Å². The molecule has 1 N–H and O–H groups in total. The quantitative estimate of drug-likeness (QED) is 0.680. The molecule has 0 bridgehead atoms. The van der Waals surface area contributed by atoms with Crippen molar-refractivity contribution in [3.63, 3.8) is 0 Å². The van der Waals surface area contributed by atoms with Gasteiger partial charge in [-0.25, -0.2) is 0 Å². The zero-order valence-electron chi connectivity index (χ0n) is 7.97. The molecule has 6 heteroatoms. The maximum Gasteiger partial charge on any atom is 0.311 e. The average Bonchev–Trinajstić information content (AvgIpc) is 2.47. The number of nitrogens with zero attached hydrogens (tertiary/aromatic N) is 4. The third kappa shape index (κ3) is 1.60. The van der Waals surface area contributed by atoms with E-state index >= 15 is 0 Å². The largest absolute Gasteiger partial charge is 0.481 e. The van der Waals surface area contributed by atoms with Crippen LogP contribution in [0, 0.1) is 0 Å². The summed E-state index contributed by atoms with van der Waals surface area (Å²) in [5, 5.41) is 16.5. The summed E-state index contributed by atoms with van der Waals surface area (Å²) in [5.41, 5.74) is 0. The second-order valence-corrected chi connectivity index (χ2v) is 3.49. The molecule has 0 saturated heterocycles. The molecule has 0 atom stereocenters. The van der Waals surface area contributed by atoms with Crippen LogP contribution in [0.25, 0.3) is 0 Å². The topological polar surface area (TPSA) is 71.2 Å². The Hall–Kier alpha value is -1.43. The van der Waals surface area contributed by atoms with E-state index in [9.17, 15) is 4.79 Å². The lowest BCUT2D eigenvalue weighted by Gasteiger charge is -2.23. The van der Waals surface area contributed by atoms with E-state index in [0.29, 0.717) is 5.82 Å². The van der Waals surface area contributed by atoms with Crippen LogP contribution in [0.15, 0.2) is 0 Å². The lowest BCUT2D eigenvalue weighted by atomic mass is 10.3. The van der Waals surface area contributed by atoms with Gasteiger partial charge in [-0.3, -0.25) is 9.69 Å². The van der Waals surface area contributed by atoms with E-state index in [4.69, 9.17) is 5.11 Å². The van der Waals surface area contributed by atoms with Crippen molar-refractivity contribution in [2.75, 3.05) is 13.6 Å². The summed E-state index contributed by atoms with van der Waals surface area (Å²) < 4.78 is 1.90. The number of hydrogen-bond acceptors (Lipinski definition) is 4. The normalized spacial score (nSPS) is 16.6. The molecule has 0 fully saturated rings. The van der Waals surface area contributed by atoms with Crippen LogP contribution >= 0.6 is 0 Å². The van der Waals surface area contributed by atoms with Crippen LogP contribution in [0.1, 0.15) is 11.6 Å². The highest BCUT2D eigenvalue weighted by Gasteiger charge is 2.19. The summed E-state index contributed by atoms with van der Waals surface area (Å²) in [6.45, 7) is 2.44. The Balaban J connectivity index is 2.24. The Kier molecular flexibility index (Phi) is 2.20. The molecule has 1 aromatic heterocycles. The third-order valence-corrected chi connectivity index (χ3v) is 2.33. The number of fused-ring (bicyclic) bond motifs is 1. The minimum atomic E-state index is -0.862. The van der Waals surface area contributed by atoms with Crippen molar-refractivity contribution < 1.29 is 9.90 Å². The van der Waals surface area contributed by atoms with E-state index in [1.165, 1.54) is 0 Å². The Morgan fingerprint density at radius 2 is 2.29 bits per heavy atom. The minimum absolute atomic E-state index is 0.0449. The van der Waals surface area contributed by atoms with Gasteiger partial charge in [0.1, 0.15) is 18.1 Å². The maximum atomic E-state index is 10.5. The van der Waals surface area contributed by atoms with Crippen molar-refractivity contribution in [1.82, 2.24) is 19.7 Å². The van der Waals surface area contributed by atoms with Gasteiger partial charge in [-0.15, -0.1) is 10.2 Å². The number of carbonyl (C=O) groups is 1. The Labute approximate surface area is 81.2 Å². The van der Waals surface area contributed by atoms with Gasteiger partial charge in [-0.05, 0) is 7.05 Å². The molecular weight excluding hydrogens is 184 g/mol. The van der Waals surface area contributed by atoms with Gasteiger partial charge >= 0.3 is 5.97 Å². The third-order valence-electron chi connectivity index (χ3n) is 2.33.